The van der Waals surface area contributed by atoms with Crippen molar-refractivity contribution in [3.63, 3.8) is 0 Å². The summed E-state index contributed by atoms with van der Waals surface area (Å²) in [6.45, 7) is 4.51. The maximum absolute atomic E-state index is 13.8. The van der Waals surface area contributed by atoms with Gasteiger partial charge in [0.15, 0.2) is 0 Å². The number of pyridine rings is 1. The van der Waals surface area contributed by atoms with Crippen molar-refractivity contribution in [3.05, 3.63) is 29.8 Å². The van der Waals surface area contributed by atoms with E-state index in [1.165, 1.54) is 12.5 Å². The summed E-state index contributed by atoms with van der Waals surface area (Å²) < 4.78 is 13.8. The molecule has 0 saturated heterocycles. The van der Waals surface area contributed by atoms with Crippen LogP contribution in [0, 0.1) is 23.6 Å². The Kier molecular flexibility index (Phi) is 4.30. The van der Waals surface area contributed by atoms with Crippen LogP contribution in [0.1, 0.15) is 44.8 Å². The Morgan fingerprint density at radius 2 is 2.00 bits per heavy atom. The predicted molar refractivity (Wildman–Crippen MR) is 69.9 cm³/mol. The van der Waals surface area contributed by atoms with Gasteiger partial charge in [0, 0.05) is 6.20 Å². The molecule has 1 saturated carbocycles. The Hall–Kier alpha value is -1.00. The van der Waals surface area contributed by atoms with Crippen LogP contribution in [0.3, 0.4) is 0 Å². The second-order valence-electron chi connectivity index (χ2n) is 5.69. The molecule has 1 heterocycles. The second kappa shape index (κ2) is 5.76. The van der Waals surface area contributed by atoms with E-state index in [1.807, 2.05) is 0 Å². The summed E-state index contributed by atoms with van der Waals surface area (Å²) in [5.74, 6) is 7.06. The number of halogens is 1. The molecule has 18 heavy (non-hydrogen) atoms. The van der Waals surface area contributed by atoms with Crippen molar-refractivity contribution >= 4 is 0 Å². The Morgan fingerprint density at radius 3 is 2.56 bits per heavy atom. The van der Waals surface area contributed by atoms with E-state index in [4.69, 9.17) is 5.84 Å². The number of rotatable bonds is 3. The molecule has 3 nitrogen and oxygen atoms in total. The molecule has 0 aliphatic heterocycles. The number of hydrogen-bond acceptors (Lipinski definition) is 3. The lowest BCUT2D eigenvalue weighted by Gasteiger charge is -2.36. The predicted octanol–water partition coefficient (Wildman–Crippen LogP) is 2.80. The standard InChI is InChI=1S/C14H22FN3/c1-9-6-10(2)8-11(7-9)13(18-16)14-12(15)4-3-5-17-14/h3-5,9-11,13,18H,6-8,16H2,1-2H3. The molecule has 100 valence electrons. The first-order chi connectivity index (χ1) is 8.61. The Morgan fingerprint density at radius 1 is 1.33 bits per heavy atom. The van der Waals surface area contributed by atoms with Crippen LogP contribution >= 0.6 is 0 Å². The first-order valence-corrected chi connectivity index (χ1v) is 6.68. The van der Waals surface area contributed by atoms with Crippen LogP contribution in [0.4, 0.5) is 4.39 Å². The Bertz CT molecular complexity index is 386. The van der Waals surface area contributed by atoms with Crippen LogP contribution in [0.25, 0.3) is 0 Å². The van der Waals surface area contributed by atoms with Crippen molar-refractivity contribution in [1.29, 1.82) is 0 Å². The third-order valence-electron chi connectivity index (χ3n) is 3.95. The van der Waals surface area contributed by atoms with Gasteiger partial charge in [-0.1, -0.05) is 13.8 Å². The number of aromatic nitrogens is 1. The molecule has 1 aromatic rings. The summed E-state index contributed by atoms with van der Waals surface area (Å²) in [6, 6.07) is 2.87. The van der Waals surface area contributed by atoms with Crippen LogP contribution in [0.15, 0.2) is 18.3 Å². The zero-order valence-corrected chi connectivity index (χ0v) is 11.1. The monoisotopic (exact) mass is 251 g/mol. The summed E-state index contributed by atoms with van der Waals surface area (Å²) in [4.78, 5) is 4.16. The van der Waals surface area contributed by atoms with Gasteiger partial charge in [-0.05, 0) is 49.1 Å². The summed E-state index contributed by atoms with van der Waals surface area (Å²) in [6.07, 6.45) is 5.03. The fourth-order valence-electron chi connectivity index (χ4n) is 3.35. The second-order valence-corrected chi connectivity index (χ2v) is 5.69. The highest BCUT2D eigenvalue weighted by molar-refractivity contribution is 5.13. The Labute approximate surface area is 108 Å². The molecular formula is C14H22FN3. The molecule has 0 radical (unpaired) electrons. The SMILES string of the molecule is CC1CC(C)CC(C(NN)c2ncccc2F)C1. The van der Waals surface area contributed by atoms with E-state index < -0.39 is 0 Å². The highest BCUT2D eigenvalue weighted by atomic mass is 19.1. The summed E-state index contributed by atoms with van der Waals surface area (Å²) >= 11 is 0. The summed E-state index contributed by atoms with van der Waals surface area (Å²) in [7, 11) is 0. The minimum absolute atomic E-state index is 0.184. The molecule has 3 atom stereocenters. The number of nitrogens with zero attached hydrogens (tertiary/aromatic N) is 1. The molecule has 2 rings (SSSR count). The molecule has 0 bridgehead atoms. The minimum Gasteiger partial charge on any atom is -0.271 e. The summed E-state index contributed by atoms with van der Waals surface area (Å²) in [5, 5.41) is 0. The van der Waals surface area contributed by atoms with Crippen LogP contribution in [0.5, 0.6) is 0 Å². The van der Waals surface area contributed by atoms with Crippen molar-refractivity contribution in [3.8, 4) is 0 Å². The molecule has 0 amide bonds. The van der Waals surface area contributed by atoms with Gasteiger partial charge in [-0.3, -0.25) is 16.3 Å². The molecule has 1 fully saturated rings. The quantitative estimate of drug-likeness (QED) is 0.641. The molecule has 1 aliphatic rings. The fourth-order valence-corrected chi connectivity index (χ4v) is 3.35. The molecule has 1 aromatic heterocycles. The third-order valence-corrected chi connectivity index (χ3v) is 3.95. The summed E-state index contributed by atoms with van der Waals surface area (Å²) in [5.41, 5.74) is 3.22. The van der Waals surface area contributed by atoms with Crippen molar-refractivity contribution in [2.45, 2.75) is 39.2 Å². The van der Waals surface area contributed by atoms with Crippen LogP contribution in [0.2, 0.25) is 0 Å². The van der Waals surface area contributed by atoms with E-state index in [1.54, 1.807) is 12.3 Å². The normalized spacial score (nSPS) is 30.1. The van der Waals surface area contributed by atoms with E-state index in [2.05, 4.69) is 24.3 Å². The first-order valence-electron chi connectivity index (χ1n) is 6.68. The third kappa shape index (κ3) is 2.87. The number of hydrazine groups is 1. The highest BCUT2D eigenvalue weighted by Crippen LogP contribution is 2.39. The maximum Gasteiger partial charge on any atom is 0.146 e. The fraction of sp³-hybridized carbons (Fsp3) is 0.643. The van der Waals surface area contributed by atoms with Crippen molar-refractivity contribution in [2.24, 2.45) is 23.6 Å². The van der Waals surface area contributed by atoms with E-state index in [0.29, 0.717) is 23.4 Å². The molecule has 1 aliphatic carbocycles. The molecular weight excluding hydrogens is 229 g/mol. The van der Waals surface area contributed by atoms with Crippen molar-refractivity contribution < 1.29 is 4.39 Å². The Balaban J connectivity index is 2.20. The van der Waals surface area contributed by atoms with Crippen LogP contribution in [-0.4, -0.2) is 4.98 Å². The van der Waals surface area contributed by atoms with E-state index in [0.717, 1.165) is 12.8 Å². The van der Waals surface area contributed by atoms with Gasteiger partial charge in [-0.15, -0.1) is 0 Å². The van der Waals surface area contributed by atoms with E-state index in [-0.39, 0.29) is 11.9 Å². The first kappa shape index (κ1) is 13.4. The molecule has 0 aromatic carbocycles. The van der Waals surface area contributed by atoms with Gasteiger partial charge in [0.25, 0.3) is 0 Å². The van der Waals surface area contributed by atoms with Crippen molar-refractivity contribution in [2.75, 3.05) is 0 Å². The van der Waals surface area contributed by atoms with Gasteiger partial charge >= 0.3 is 0 Å². The van der Waals surface area contributed by atoms with Gasteiger partial charge in [0.05, 0.1) is 11.7 Å². The molecule has 4 heteroatoms. The van der Waals surface area contributed by atoms with E-state index in [9.17, 15) is 4.39 Å². The highest BCUT2D eigenvalue weighted by Gasteiger charge is 2.32. The van der Waals surface area contributed by atoms with Gasteiger partial charge in [0.1, 0.15) is 5.82 Å². The number of hydrogen-bond donors (Lipinski definition) is 2. The topological polar surface area (TPSA) is 50.9 Å². The van der Waals surface area contributed by atoms with Crippen molar-refractivity contribution in [1.82, 2.24) is 10.4 Å². The van der Waals surface area contributed by atoms with Gasteiger partial charge < -0.3 is 0 Å². The average Bonchev–Trinajstić information content (AvgIpc) is 2.31. The average molecular weight is 251 g/mol. The molecule has 3 N–H and O–H groups in total. The number of nitrogens with two attached hydrogens (primary N) is 1. The van der Waals surface area contributed by atoms with Gasteiger partial charge in [-0.2, -0.15) is 0 Å². The maximum atomic E-state index is 13.8. The van der Waals surface area contributed by atoms with Gasteiger partial charge in [0.2, 0.25) is 0 Å². The van der Waals surface area contributed by atoms with Crippen LogP contribution in [-0.2, 0) is 0 Å². The largest absolute Gasteiger partial charge is 0.271 e. The zero-order chi connectivity index (χ0) is 13.1. The lowest BCUT2D eigenvalue weighted by atomic mass is 9.73. The van der Waals surface area contributed by atoms with Gasteiger partial charge in [-0.25, -0.2) is 4.39 Å². The molecule has 3 unspecified atom stereocenters. The minimum atomic E-state index is -0.272. The van der Waals surface area contributed by atoms with E-state index >= 15 is 0 Å². The lowest BCUT2D eigenvalue weighted by molar-refractivity contribution is 0.173. The number of nitrogens with one attached hydrogen (secondary N) is 1. The molecule has 0 spiro atoms. The smallest absolute Gasteiger partial charge is 0.146 e. The van der Waals surface area contributed by atoms with Crippen LogP contribution < -0.4 is 11.3 Å². The lowest BCUT2D eigenvalue weighted by Crippen LogP contribution is -2.38. The zero-order valence-electron chi connectivity index (χ0n) is 11.1.